The topological polar surface area (TPSA) is 45.2 Å². The van der Waals surface area contributed by atoms with E-state index in [4.69, 9.17) is 0 Å². The number of likely N-dealkylation sites (tertiary alicyclic amines) is 1. The van der Waals surface area contributed by atoms with Gasteiger partial charge in [0.2, 0.25) is 0 Å². The highest BCUT2D eigenvalue weighted by molar-refractivity contribution is 5.94. The lowest BCUT2D eigenvalue weighted by Gasteiger charge is -2.32. The normalized spacial score (nSPS) is 15.3. The van der Waals surface area contributed by atoms with Gasteiger partial charge in [-0.15, -0.1) is 24.8 Å². The monoisotopic (exact) mass is 305 g/mol. The average molecular weight is 306 g/mol. The van der Waals surface area contributed by atoms with Crippen molar-refractivity contribution in [2.45, 2.75) is 12.8 Å². The summed E-state index contributed by atoms with van der Waals surface area (Å²) in [4.78, 5) is 18.0. The molecule has 0 aliphatic carbocycles. The van der Waals surface area contributed by atoms with E-state index in [9.17, 15) is 4.79 Å². The van der Waals surface area contributed by atoms with Crippen molar-refractivity contribution >= 4 is 30.7 Å². The molecular weight excluding hydrogens is 285 g/mol. The highest BCUT2D eigenvalue weighted by Crippen LogP contribution is 2.18. The Morgan fingerprint density at radius 2 is 1.89 bits per heavy atom. The smallest absolute Gasteiger partial charge is 0.253 e. The third kappa shape index (κ3) is 4.97. The Labute approximate surface area is 126 Å². The van der Waals surface area contributed by atoms with Crippen molar-refractivity contribution in [3.8, 4) is 0 Å². The third-order valence-corrected chi connectivity index (χ3v) is 3.32. The Morgan fingerprint density at radius 3 is 2.42 bits per heavy atom. The average Bonchev–Trinajstić information content (AvgIpc) is 2.40. The minimum Gasteiger partial charge on any atom is -0.339 e. The number of pyridine rings is 1. The van der Waals surface area contributed by atoms with Gasteiger partial charge in [0.1, 0.15) is 0 Å². The summed E-state index contributed by atoms with van der Waals surface area (Å²) < 4.78 is 0. The molecule has 1 saturated heterocycles. The van der Waals surface area contributed by atoms with Crippen LogP contribution in [0.4, 0.5) is 0 Å². The highest BCUT2D eigenvalue weighted by atomic mass is 35.5. The van der Waals surface area contributed by atoms with Gasteiger partial charge in [0, 0.05) is 31.0 Å². The van der Waals surface area contributed by atoms with Gasteiger partial charge in [0.25, 0.3) is 5.91 Å². The van der Waals surface area contributed by atoms with Crippen molar-refractivity contribution in [2.24, 2.45) is 5.92 Å². The van der Waals surface area contributed by atoms with Crippen LogP contribution in [-0.4, -0.2) is 42.5 Å². The van der Waals surface area contributed by atoms with E-state index in [0.29, 0.717) is 5.92 Å². The molecule has 1 aliphatic rings. The first-order chi connectivity index (χ1) is 8.31. The molecule has 2 rings (SSSR count). The zero-order chi connectivity index (χ0) is 12.1. The molecule has 1 N–H and O–H groups in total. The fourth-order valence-electron chi connectivity index (χ4n) is 2.31. The lowest BCUT2D eigenvalue weighted by atomic mass is 9.96. The molecule has 0 radical (unpaired) electrons. The molecule has 19 heavy (non-hydrogen) atoms. The van der Waals surface area contributed by atoms with Crippen molar-refractivity contribution in [1.82, 2.24) is 15.2 Å². The number of amides is 1. The first-order valence-corrected chi connectivity index (χ1v) is 6.15. The lowest BCUT2D eigenvalue weighted by molar-refractivity contribution is 0.0691. The number of nitrogens with zero attached hydrogens (tertiary/aromatic N) is 2. The van der Waals surface area contributed by atoms with Crippen molar-refractivity contribution in [3.63, 3.8) is 0 Å². The Hall–Kier alpha value is -0.840. The Kier molecular flexibility index (Phi) is 8.72. The summed E-state index contributed by atoms with van der Waals surface area (Å²) in [6.45, 7) is 2.79. The molecule has 4 nitrogen and oxygen atoms in total. The maximum Gasteiger partial charge on any atom is 0.253 e. The van der Waals surface area contributed by atoms with Gasteiger partial charge in [-0.2, -0.15) is 0 Å². The summed E-state index contributed by atoms with van der Waals surface area (Å²) in [7, 11) is 1.98. The molecule has 0 spiro atoms. The van der Waals surface area contributed by atoms with Gasteiger partial charge < -0.3 is 10.2 Å². The second-order valence-corrected chi connectivity index (χ2v) is 4.53. The van der Waals surface area contributed by atoms with Gasteiger partial charge in [0.15, 0.2) is 0 Å². The van der Waals surface area contributed by atoms with E-state index >= 15 is 0 Å². The predicted molar refractivity (Wildman–Crippen MR) is 81.3 cm³/mol. The van der Waals surface area contributed by atoms with Crippen LogP contribution in [0.2, 0.25) is 0 Å². The van der Waals surface area contributed by atoms with E-state index in [0.717, 1.165) is 38.0 Å². The van der Waals surface area contributed by atoms with Crippen LogP contribution < -0.4 is 5.32 Å². The van der Waals surface area contributed by atoms with Crippen molar-refractivity contribution < 1.29 is 4.79 Å². The van der Waals surface area contributed by atoms with Gasteiger partial charge in [-0.25, -0.2) is 0 Å². The molecule has 0 atom stereocenters. The number of hydrogen-bond donors (Lipinski definition) is 1. The zero-order valence-electron chi connectivity index (χ0n) is 11.0. The summed E-state index contributed by atoms with van der Waals surface area (Å²) in [6.07, 6.45) is 5.53. The highest BCUT2D eigenvalue weighted by Gasteiger charge is 2.22. The molecule has 1 amide bonds. The molecule has 6 heteroatoms. The summed E-state index contributed by atoms with van der Waals surface area (Å²) in [5.74, 6) is 0.844. The number of piperidine rings is 1. The Morgan fingerprint density at radius 1 is 1.32 bits per heavy atom. The number of carbonyl (C=O) groups is 1. The minimum absolute atomic E-state index is 0. The summed E-state index contributed by atoms with van der Waals surface area (Å²) in [5.41, 5.74) is 0.743. The van der Waals surface area contributed by atoms with E-state index in [2.05, 4.69) is 10.3 Å². The molecule has 0 aromatic carbocycles. The maximum atomic E-state index is 12.1. The van der Waals surface area contributed by atoms with E-state index in [-0.39, 0.29) is 30.7 Å². The van der Waals surface area contributed by atoms with Crippen molar-refractivity contribution in [1.29, 1.82) is 0 Å². The van der Waals surface area contributed by atoms with E-state index in [1.807, 2.05) is 11.9 Å². The number of halogens is 2. The van der Waals surface area contributed by atoms with Gasteiger partial charge in [-0.05, 0) is 44.5 Å². The number of rotatable bonds is 3. The SMILES string of the molecule is CNCC1CCN(C(=O)c2ccncc2)CC1.Cl.Cl. The van der Waals surface area contributed by atoms with Crippen LogP contribution in [0.1, 0.15) is 23.2 Å². The van der Waals surface area contributed by atoms with Gasteiger partial charge in [0.05, 0.1) is 0 Å². The van der Waals surface area contributed by atoms with Gasteiger partial charge in [-0.3, -0.25) is 9.78 Å². The molecule has 108 valence electrons. The van der Waals surface area contributed by atoms with E-state index in [1.54, 1.807) is 24.5 Å². The molecule has 1 fully saturated rings. The molecule has 1 aromatic rings. The fraction of sp³-hybridized carbons (Fsp3) is 0.538. The summed E-state index contributed by atoms with van der Waals surface area (Å²) >= 11 is 0. The molecule has 0 saturated carbocycles. The molecule has 0 bridgehead atoms. The predicted octanol–water partition coefficient (Wildman–Crippen LogP) is 2.00. The molecule has 1 aliphatic heterocycles. The van der Waals surface area contributed by atoms with Gasteiger partial charge in [-0.1, -0.05) is 0 Å². The van der Waals surface area contributed by atoms with Crippen molar-refractivity contribution in [3.05, 3.63) is 30.1 Å². The van der Waals surface area contributed by atoms with Crippen LogP contribution in [0.25, 0.3) is 0 Å². The van der Waals surface area contributed by atoms with Gasteiger partial charge >= 0.3 is 0 Å². The molecule has 2 heterocycles. The quantitative estimate of drug-likeness (QED) is 0.929. The largest absolute Gasteiger partial charge is 0.339 e. The molecule has 1 aromatic heterocycles. The van der Waals surface area contributed by atoms with Crippen molar-refractivity contribution in [2.75, 3.05) is 26.7 Å². The molecule has 0 unspecified atom stereocenters. The van der Waals surface area contributed by atoms with Crippen LogP contribution in [0.5, 0.6) is 0 Å². The number of carbonyl (C=O) groups excluding carboxylic acids is 1. The third-order valence-electron chi connectivity index (χ3n) is 3.32. The Balaban J connectivity index is 0.00000162. The van der Waals surface area contributed by atoms with E-state index < -0.39 is 0 Å². The van der Waals surface area contributed by atoms with Crippen LogP contribution in [-0.2, 0) is 0 Å². The minimum atomic E-state index is 0. The van der Waals surface area contributed by atoms with Crippen LogP contribution >= 0.6 is 24.8 Å². The lowest BCUT2D eigenvalue weighted by Crippen LogP contribution is -2.40. The first-order valence-electron chi connectivity index (χ1n) is 6.15. The fourth-order valence-corrected chi connectivity index (χ4v) is 2.31. The second kappa shape index (κ2) is 9.13. The van der Waals surface area contributed by atoms with Crippen LogP contribution in [0.3, 0.4) is 0 Å². The molecular formula is C13H21Cl2N3O. The summed E-state index contributed by atoms with van der Waals surface area (Å²) in [5, 5.41) is 3.20. The standard InChI is InChI=1S/C13H19N3O.2ClH/c1-14-10-11-4-8-16(9-5-11)13(17)12-2-6-15-7-3-12;;/h2-3,6-7,11,14H,4-5,8-10H2,1H3;2*1H. The van der Waals surface area contributed by atoms with Crippen LogP contribution in [0, 0.1) is 5.92 Å². The number of nitrogens with one attached hydrogen (secondary N) is 1. The Bertz CT molecular complexity index is 367. The second-order valence-electron chi connectivity index (χ2n) is 4.53. The maximum absolute atomic E-state index is 12.1. The van der Waals surface area contributed by atoms with E-state index in [1.165, 1.54) is 0 Å². The zero-order valence-corrected chi connectivity index (χ0v) is 12.7. The first kappa shape index (κ1) is 18.2. The van der Waals surface area contributed by atoms with Crippen LogP contribution in [0.15, 0.2) is 24.5 Å². The summed E-state index contributed by atoms with van der Waals surface area (Å²) in [6, 6.07) is 3.56. The number of aromatic nitrogens is 1. The number of hydrogen-bond acceptors (Lipinski definition) is 3.